The van der Waals surface area contributed by atoms with E-state index in [1.807, 2.05) is 0 Å². The first-order valence-electron chi connectivity index (χ1n) is 9.62. The summed E-state index contributed by atoms with van der Waals surface area (Å²) in [7, 11) is 0. The maximum Gasteiger partial charge on any atom is -0.0326 e. The van der Waals surface area contributed by atoms with Crippen molar-refractivity contribution < 1.29 is 0 Å². The third-order valence-corrected chi connectivity index (χ3v) is 6.43. The Morgan fingerprint density at radius 2 is 0.800 bits per heavy atom. The van der Waals surface area contributed by atoms with Crippen molar-refractivity contribution >= 4 is 0 Å². The molecule has 20 heavy (non-hydrogen) atoms. The van der Waals surface area contributed by atoms with Crippen LogP contribution in [0.1, 0.15) is 117 Å². The summed E-state index contributed by atoms with van der Waals surface area (Å²) in [6.45, 7) is 5.06. The molecule has 0 amide bonds. The van der Waals surface area contributed by atoms with E-state index in [0.717, 1.165) is 10.8 Å². The molecule has 0 aromatic heterocycles. The van der Waals surface area contributed by atoms with Crippen LogP contribution >= 0.6 is 0 Å². The first-order valence-corrected chi connectivity index (χ1v) is 9.62. The first-order chi connectivity index (χ1) is 9.62. The van der Waals surface area contributed by atoms with Crippen LogP contribution in [0.5, 0.6) is 0 Å². The Hall–Kier alpha value is 0. The fourth-order valence-electron chi connectivity index (χ4n) is 4.77. The van der Waals surface area contributed by atoms with Crippen LogP contribution in [0, 0.1) is 10.8 Å². The largest absolute Gasteiger partial charge is 0.0596 e. The monoisotopic (exact) mass is 278 g/mol. The molecular weight excluding hydrogens is 240 g/mol. The van der Waals surface area contributed by atoms with E-state index in [4.69, 9.17) is 0 Å². The summed E-state index contributed by atoms with van der Waals surface area (Å²) in [5.74, 6) is 0. The van der Waals surface area contributed by atoms with Crippen LogP contribution in [-0.4, -0.2) is 0 Å². The summed E-state index contributed by atoms with van der Waals surface area (Å²) in [4.78, 5) is 0. The van der Waals surface area contributed by atoms with Gasteiger partial charge < -0.3 is 0 Å². The second-order valence-electron chi connectivity index (χ2n) is 8.66. The average Bonchev–Trinajstić information content (AvgIpc) is 3.03. The van der Waals surface area contributed by atoms with Gasteiger partial charge in [0.05, 0.1) is 0 Å². The Balaban J connectivity index is 1.40. The van der Waals surface area contributed by atoms with Crippen LogP contribution in [-0.2, 0) is 0 Å². The van der Waals surface area contributed by atoms with Crippen molar-refractivity contribution in [2.24, 2.45) is 10.8 Å². The summed E-state index contributed by atoms with van der Waals surface area (Å²) >= 11 is 0. The number of hydrogen-bond donors (Lipinski definition) is 0. The van der Waals surface area contributed by atoms with Gasteiger partial charge in [-0.3, -0.25) is 0 Å². The lowest BCUT2D eigenvalue weighted by Gasteiger charge is -2.23. The standard InChI is InChI=1S/C20H38/c1-19(15-9-10-16-19)13-7-5-3-4-6-8-14-20(2)17-11-12-18-20/h3-18H2,1-2H3. The Kier molecular flexibility index (Phi) is 6.43. The molecule has 2 saturated carbocycles. The van der Waals surface area contributed by atoms with E-state index in [9.17, 15) is 0 Å². The van der Waals surface area contributed by atoms with Crippen LogP contribution in [0.4, 0.5) is 0 Å². The quantitative estimate of drug-likeness (QED) is 0.389. The van der Waals surface area contributed by atoms with Gasteiger partial charge in [0.2, 0.25) is 0 Å². The summed E-state index contributed by atoms with van der Waals surface area (Å²) in [6, 6.07) is 0. The van der Waals surface area contributed by atoms with Gasteiger partial charge in [-0.1, -0.05) is 78.1 Å². The molecule has 0 heterocycles. The van der Waals surface area contributed by atoms with Crippen molar-refractivity contribution in [1.82, 2.24) is 0 Å². The summed E-state index contributed by atoms with van der Waals surface area (Å²) in [6.07, 6.45) is 24.0. The lowest BCUT2D eigenvalue weighted by atomic mass is 9.82. The van der Waals surface area contributed by atoms with Crippen molar-refractivity contribution in [3.8, 4) is 0 Å². The molecule has 0 heteroatoms. The highest BCUT2D eigenvalue weighted by atomic mass is 14.3. The van der Waals surface area contributed by atoms with Gasteiger partial charge in [0.1, 0.15) is 0 Å². The Bertz CT molecular complexity index is 225. The number of hydrogen-bond acceptors (Lipinski definition) is 0. The van der Waals surface area contributed by atoms with Crippen molar-refractivity contribution in [1.29, 1.82) is 0 Å². The van der Waals surface area contributed by atoms with Crippen LogP contribution in [0.3, 0.4) is 0 Å². The minimum absolute atomic E-state index is 0.733. The molecule has 0 aromatic rings. The number of unbranched alkanes of at least 4 members (excludes halogenated alkanes) is 5. The average molecular weight is 279 g/mol. The van der Waals surface area contributed by atoms with E-state index in [-0.39, 0.29) is 0 Å². The van der Waals surface area contributed by atoms with Gasteiger partial charge in [-0.2, -0.15) is 0 Å². The third-order valence-electron chi connectivity index (χ3n) is 6.43. The minimum Gasteiger partial charge on any atom is -0.0596 e. The zero-order valence-corrected chi connectivity index (χ0v) is 14.3. The second-order valence-corrected chi connectivity index (χ2v) is 8.66. The van der Waals surface area contributed by atoms with E-state index in [2.05, 4.69) is 13.8 Å². The molecule has 0 bridgehead atoms. The fourth-order valence-corrected chi connectivity index (χ4v) is 4.77. The maximum atomic E-state index is 2.53. The van der Waals surface area contributed by atoms with Crippen LogP contribution < -0.4 is 0 Å². The molecule has 0 aromatic carbocycles. The normalized spacial score (nSPS) is 24.3. The molecule has 0 nitrogen and oxygen atoms in total. The highest BCUT2D eigenvalue weighted by Crippen LogP contribution is 2.42. The van der Waals surface area contributed by atoms with E-state index < -0.39 is 0 Å². The predicted molar refractivity (Wildman–Crippen MR) is 90.1 cm³/mol. The summed E-state index contributed by atoms with van der Waals surface area (Å²) < 4.78 is 0. The van der Waals surface area contributed by atoms with E-state index in [0.29, 0.717) is 0 Å². The van der Waals surface area contributed by atoms with Gasteiger partial charge in [0.15, 0.2) is 0 Å². The zero-order valence-electron chi connectivity index (χ0n) is 14.3. The van der Waals surface area contributed by atoms with Crippen LogP contribution in [0.2, 0.25) is 0 Å². The van der Waals surface area contributed by atoms with Crippen molar-refractivity contribution in [2.75, 3.05) is 0 Å². The van der Waals surface area contributed by atoms with Gasteiger partial charge >= 0.3 is 0 Å². The molecule has 0 radical (unpaired) electrons. The van der Waals surface area contributed by atoms with E-state index >= 15 is 0 Å². The Morgan fingerprint density at radius 3 is 1.15 bits per heavy atom. The van der Waals surface area contributed by atoms with E-state index in [1.54, 1.807) is 0 Å². The van der Waals surface area contributed by atoms with Gasteiger partial charge in [0, 0.05) is 0 Å². The van der Waals surface area contributed by atoms with Crippen molar-refractivity contribution in [3.63, 3.8) is 0 Å². The summed E-state index contributed by atoms with van der Waals surface area (Å²) in [5.41, 5.74) is 1.47. The predicted octanol–water partition coefficient (Wildman–Crippen LogP) is 7.27. The summed E-state index contributed by atoms with van der Waals surface area (Å²) in [5, 5.41) is 0. The second kappa shape index (κ2) is 7.85. The minimum atomic E-state index is 0.733. The highest BCUT2D eigenvalue weighted by Gasteiger charge is 2.28. The number of rotatable bonds is 9. The van der Waals surface area contributed by atoms with Gasteiger partial charge in [-0.25, -0.2) is 0 Å². The molecule has 0 aliphatic heterocycles. The first kappa shape index (κ1) is 16.4. The molecular formula is C20H38. The lowest BCUT2D eigenvalue weighted by molar-refractivity contribution is 0.288. The third kappa shape index (κ3) is 5.41. The molecule has 2 rings (SSSR count). The molecule has 0 saturated heterocycles. The highest BCUT2D eigenvalue weighted by molar-refractivity contribution is 4.80. The Labute approximate surface area is 128 Å². The van der Waals surface area contributed by atoms with Crippen molar-refractivity contribution in [3.05, 3.63) is 0 Å². The Morgan fingerprint density at radius 1 is 0.500 bits per heavy atom. The molecule has 0 spiro atoms. The van der Waals surface area contributed by atoms with E-state index in [1.165, 1.54) is 103 Å². The molecule has 2 fully saturated rings. The fraction of sp³-hybridized carbons (Fsp3) is 1.00. The molecule has 0 unspecified atom stereocenters. The molecule has 0 atom stereocenters. The topological polar surface area (TPSA) is 0 Å². The molecule has 118 valence electrons. The van der Waals surface area contributed by atoms with Gasteiger partial charge in [-0.15, -0.1) is 0 Å². The smallest absolute Gasteiger partial charge is 0.0326 e. The zero-order chi connectivity index (χ0) is 14.3. The van der Waals surface area contributed by atoms with Crippen molar-refractivity contribution in [2.45, 2.75) is 117 Å². The van der Waals surface area contributed by atoms with Crippen LogP contribution in [0.25, 0.3) is 0 Å². The maximum absolute atomic E-state index is 2.53. The SMILES string of the molecule is CC1(CCCCCCCCC2(C)CCCC2)CCCC1. The van der Waals surface area contributed by atoms with Gasteiger partial charge in [0.25, 0.3) is 0 Å². The molecule has 2 aliphatic carbocycles. The van der Waals surface area contributed by atoms with Gasteiger partial charge in [-0.05, 0) is 49.4 Å². The lowest BCUT2D eigenvalue weighted by Crippen LogP contribution is -2.10. The molecule has 0 N–H and O–H groups in total. The van der Waals surface area contributed by atoms with Crippen LogP contribution in [0.15, 0.2) is 0 Å². The molecule has 2 aliphatic rings.